The van der Waals surface area contributed by atoms with E-state index in [2.05, 4.69) is 60.8 Å². The van der Waals surface area contributed by atoms with Gasteiger partial charge in [0.05, 0.1) is 5.69 Å². The van der Waals surface area contributed by atoms with Gasteiger partial charge in [-0.3, -0.25) is 9.55 Å². The largest absolute Gasteiger partial charge is 0.361 e. The van der Waals surface area contributed by atoms with Crippen LogP contribution in [0.4, 0.5) is 0 Å². The Morgan fingerprint density at radius 1 is 1.13 bits per heavy atom. The molecule has 1 fully saturated rings. The van der Waals surface area contributed by atoms with Crippen molar-refractivity contribution in [3.05, 3.63) is 72.7 Å². The molecule has 0 radical (unpaired) electrons. The summed E-state index contributed by atoms with van der Waals surface area (Å²) in [5.74, 6) is 0.719. The first-order chi connectivity index (χ1) is 14.8. The second-order valence-electron chi connectivity index (χ2n) is 8.07. The molecule has 7 nitrogen and oxygen atoms in total. The molecule has 0 unspecified atom stereocenters. The minimum absolute atomic E-state index is 0.719. The van der Waals surface area contributed by atoms with Crippen LogP contribution in [0.1, 0.15) is 17.7 Å². The van der Waals surface area contributed by atoms with Crippen LogP contribution in [-0.2, 0) is 13.0 Å². The molecule has 4 aromatic rings. The molecular weight excluding hydrogens is 374 g/mol. The topological polar surface area (TPSA) is 74.7 Å². The van der Waals surface area contributed by atoms with E-state index in [4.69, 9.17) is 0 Å². The van der Waals surface area contributed by atoms with Gasteiger partial charge in [-0.1, -0.05) is 6.07 Å². The standard InChI is InChI=1S/C23H27N7/c1-2-8-25-20(3-1)14-24-12-18-6-9-29(15-18)10-7-19-13-26-23-5-4-21(11-22(19)23)30-16-27-28-17-30/h1-5,8,11,13,16-18,24,26H,6-7,9-10,12,14-15H2/t18-/m0/s1. The third kappa shape index (κ3) is 4.27. The Bertz CT molecular complexity index is 1070. The van der Waals surface area contributed by atoms with Gasteiger partial charge >= 0.3 is 0 Å². The Kier molecular flexibility index (Phi) is 5.54. The van der Waals surface area contributed by atoms with Gasteiger partial charge < -0.3 is 15.2 Å². The fourth-order valence-electron chi connectivity index (χ4n) is 4.34. The fourth-order valence-corrected chi connectivity index (χ4v) is 4.34. The van der Waals surface area contributed by atoms with Crippen molar-refractivity contribution in [2.24, 2.45) is 5.92 Å². The number of aromatic nitrogens is 5. The number of fused-ring (bicyclic) bond motifs is 1. The van der Waals surface area contributed by atoms with Crippen molar-refractivity contribution in [1.82, 2.24) is 34.9 Å². The minimum Gasteiger partial charge on any atom is -0.361 e. The van der Waals surface area contributed by atoms with Crippen LogP contribution < -0.4 is 5.32 Å². The van der Waals surface area contributed by atoms with E-state index >= 15 is 0 Å². The van der Waals surface area contributed by atoms with E-state index in [-0.39, 0.29) is 0 Å². The SMILES string of the molecule is c1ccc(CNC[C@@H]2CCN(CCc3c[nH]c4ccc(-n5cnnc5)cc34)C2)nc1. The molecule has 4 heterocycles. The molecule has 3 aromatic heterocycles. The number of benzene rings is 1. The summed E-state index contributed by atoms with van der Waals surface area (Å²) in [5.41, 5.74) is 4.75. The van der Waals surface area contributed by atoms with E-state index in [1.54, 1.807) is 12.7 Å². The van der Waals surface area contributed by atoms with Gasteiger partial charge in [0.25, 0.3) is 0 Å². The first kappa shape index (κ1) is 19.0. The lowest BCUT2D eigenvalue weighted by Gasteiger charge is -2.16. The second kappa shape index (κ2) is 8.77. The fraction of sp³-hybridized carbons (Fsp3) is 0.348. The van der Waals surface area contributed by atoms with Crippen LogP contribution in [0.25, 0.3) is 16.6 Å². The van der Waals surface area contributed by atoms with Gasteiger partial charge in [-0.25, -0.2) is 0 Å². The number of aromatic amines is 1. The number of nitrogens with one attached hydrogen (secondary N) is 2. The summed E-state index contributed by atoms with van der Waals surface area (Å²) in [5, 5.41) is 12.7. The van der Waals surface area contributed by atoms with Gasteiger partial charge in [-0.05, 0) is 67.7 Å². The molecule has 7 heteroatoms. The van der Waals surface area contributed by atoms with E-state index in [1.165, 1.54) is 36.0 Å². The van der Waals surface area contributed by atoms with Crippen LogP contribution in [-0.4, -0.2) is 55.8 Å². The molecule has 1 aliphatic rings. The van der Waals surface area contributed by atoms with Crippen LogP contribution in [0.3, 0.4) is 0 Å². The highest BCUT2D eigenvalue weighted by Crippen LogP contribution is 2.23. The van der Waals surface area contributed by atoms with Crippen LogP contribution in [0.15, 0.2) is 61.4 Å². The van der Waals surface area contributed by atoms with Gasteiger partial charge in [-0.15, -0.1) is 10.2 Å². The number of pyridine rings is 1. The van der Waals surface area contributed by atoms with Crippen molar-refractivity contribution in [2.75, 3.05) is 26.2 Å². The Balaban J connectivity index is 1.14. The Morgan fingerprint density at radius 3 is 2.93 bits per heavy atom. The summed E-state index contributed by atoms with van der Waals surface area (Å²) >= 11 is 0. The molecule has 0 aliphatic carbocycles. The van der Waals surface area contributed by atoms with Crippen LogP contribution in [0.5, 0.6) is 0 Å². The van der Waals surface area contributed by atoms with E-state index in [1.807, 2.05) is 22.9 Å². The monoisotopic (exact) mass is 401 g/mol. The summed E-state index contributed by atoms with van der Waals surface area (Å²) in [6, 6.07) is 12.5. The maximum atomic E-state index is 4.38. The Morgan fingerprint density at radius 2 is 2.07 bits per heavy atom. The highest BCUT2D eigenvalue weighted by atomic mass is 15.2. The molecule has 5 rings (SSSR count). The van der Waals surface area contributed by atoms with Gasteiger partial charge in [0.2, 0.25) is 0 Å². The number of H-pyrrole nitrogens is 1. The summed E-state index contributed by atoms with van der Waals surface area (Å²) in [6.07, 6.45) is 9.80. The molecule has 0 amide bonds. The second-order valence-corrected chi connectivity index (χ2v) is 8.07. The number of nitrogens with zero attached hydrogens (tertiary/aromatic N) is 5. The zero-order valence-corrected chi connectivity index (χ0v) is 17.0. The zero-order chi connectivity index (χ0) is 20.2. The molecule has 1 aliphatic heterocycles. The van der Waals surface area contributed by atoms with Crippen LogP contribution >= 0.6 is 0 Å². The van der Waals surface area contributed by atoms with Crippen molar-refractivity contribution in [2.45, 2.75) is 19.4 Å². The number of hydrogen-bond acceptors (Lipinski definition) is 5. The molecule has 30 heavy (non-hydrogen) atoms. The highest BCUT2D eigenvalue weighted by Gasteiger charge is 2.22. The molecule has 0 spiro atoms. The van der Waals surface area contributed by atoms with Crippen molar-refractivity contribution in [1.29, 1.82) is 0 Å². The quantitative estimate of drug-likeness (QED) is 0.475. The van der Waals surface area contributed by atoms with Crippen molar-refractivity contribution in [3.8, 4) is 5.69 Å². The predicted molar refractivity (Wildman–Crippen MR) is 117 cm³/mol. The molecule has 1 saturated heterocycles. The summed E-state index contributed by atoms with van der Waals surface area (Å²) in [6.45, 7) is 5.36. The van der Waals surface area contributed by atoms with Gasteiger partial charge in [0.1, 0.15) is 12.7 Å². The van der Waals surface area contributed by atoms with E-state index in [0.29, 0.717) is 0 Å². The normalized spacial score (nSPS) is 17.1. The molecule has 1 atom stereocenters. The lowest BCUT2D eigenvalue weighted by molar-refractivity contribution is 0.326. The van der Waals surface area contributed by atoms with Crippen LogP contribution in [0.2, 0.25) is 0 Å². The lowest BCUT2D eigenvalue weighted by atomic mass is 10.1. The van der Waals surface area contributed by atoms with Gasteiger partial charge in [0.15, 0.2) is 0 Å². The number of rotatable bonds is 8. The van der Waals surface area contributed by atoms with Gasteiger partial charge in [0, 0.05) is 48.6 Å². The van der Waals surface area contributed by atoms with Gasteiger partial charge in [-0.2, -0.15) is 0 Å². The first-order valence-electron chi connectivity index (χ1n) is 10.6. The Hall–Kier alpha value is -3.03. The first-order valence-corrected chi connectivity index (χ1v) is 10.6. The smallest absolute Gasteiger partial charge is 0.123 e. The van der Waals surface area contributed by atoms with Crippen molar-refractivity contribution < 1.29 is 0 Å². The minimum atomic E-state index is 0.719. The highest BCUT2D eigenvalue weighted by molar-refractivity contribution is 5.85. The summed E-state index contributed by atoms with van der Waals surface area (Å²) < 4.78 is 1.94. The third-order valence-corrected chi connectivity index (χ3v) is 6.00. The molecule has 0 bridgehead atoms. The third-order valence-electron chi connectivity index (χ3n) is 6.00. The predicted octanol–water partition coefficient (Wildman–Crippen LogP) is 2.80. The Labute approximate surface area is 176 Å². The maximum absolute atomic E-state index is 4.38. The van der Waals surface area contributed by atoms with E-state index in [0.717, 1.165) is 43.4 Å². The van der Waals surface area contributed by atoms with Crippen molar-refractivity contribution in [3.63, 3.8) is 0 Å². The number of likely N-dealkylation sites (tertiary alicyclic amines) is 1. The molecule has 0 saturated carbocycles. The lowest BCUT2D eigenvalue weighted by Crippen LogP contribution is -2.27. The van der Waals surface area contributed by atoms with Crippen LogP contribution in [0, 0.1) is 5.92 Å². The molecule has 154 valence electrons. The average molecular weight is 402 g/mol. The molecular formula is C23H27N7. The van der Waals surface area contributed by atoms with Crippen molar-refractivity contribution >= 4 is 10.9 Å². The molecule has 1 aromatic carbocycles. The summed E-state index contributed by atoms with van der Waals surface area (Å²) in [4.78, 5) is 10.4. The average Bonchev–Trinajstić information content (AvgIpc) is 3.54. The summed E-state index contributed by atoms with van der Waals surface area (Å²) in [7, 11) is 0. The van der Waals surface area contributed by atoms with E-state index < -0.39 is 0 Å². The zero-order valence-electron chi connectivity index (χ0n) is 17.0. The van der Waals surface area contributed by atoms with E-state index in [9.17, 15) is 0 Å². The number of hydrogen-bond donors (Lipinski definition) is 2. The maximum Gasteiger partial charge on any atom is 0.123 e. The molecule has 2 N–H and O–H groups in total.